The third-order valence-corrected chi connectivity index (χ3v) is 8.75. The molecule has 1 saturated carbocycles. The molecule has 1 aliphatic carbocycles. The third kappa shape index (κ3) is 10.4. The molecule has 2 aliphatic rings. The summed E-state index contributed by atoms with van der Waals surface area (Å²) in [6.45, 7) is 2.30. The molecule has 0 aromatic heterocycles. The van der Waals surface area contributed by atoms with Crippen molar-refractivity contribution in [2.24, 2.45) is 0 Å². The summed E-state index contributed by atoms with van der Waals surface area (Å²) < 4.78 is 45.3. The summed E-state index contributed by atoms with van der Waals surface area (Å²) in [7, 11) is 3.25. The lowest BCUT2D eigenvalue weighted by Gasteiger charge is -2.44. The number of benzene rings is 2. The number of alkyl halides is 3. The number of aliphatic carboxylic acids is 1. The van der Waals surface area contributed by atoms with Crippen LogP contribution in [0.1, 0.15) is 43.7 Å². The summed E-state index contributed by atoms with van der Waals surface area (Å²) in [4.78, 5) is 66.3. The molecule has 0 radical (unpaired) electrons. The molecule has 2 aromatic rings. The van der Waals surface area contributed by atoms with Gasteiger partial charge in [-0.25, -0.2) is 9.18 Å². The summed E-state index contributed by atoms with van der Waals surface area (Å²) in [5.41, 5.74) is 0.831. The van der Waals surface area contributed by atoms with Crippen LogP contribution in [0.3, 0.4) is 0 Å². The molecule has 11 nitrogen and oxygen atoms in total. The summed E-state index contributed by atoms with van der Waals surface area (Å²) in [5, 5.41) is 16.3. The van der Waals surface area contributed by atoms with Crippen LogP contribution in [-0.4, -0.2) is 102 Å². The molecule has 2 aromatic carbocycles. The lowest BCUT2D eigenvalue weighted by molar-refractivity contribution is -0.192. The molecule has 0 bridgehead atoms. The molecule has 0 spiro atoms. The summed E-state index contributed by atoms with van der Waals surface area (Å²) in [6, 6.07) is 10.4. The van der Waals surface area contributed by atoms with Gasteiger partial charge in [-0.1, -0.05) is 49.2 Å². The van der Waals surface area contributed by atoms with Crippen molar-refractivity contribution in [3.63, 3.8) is 0 Å². The molecular formula is C33H40ClF4N5O6. The van der Waals surface area contributed by atoms with Crippen LogP contribution in [0.2, 0.25) is 5.02 Å². The molecule has 268 valence electrons. The van der Waals surface area contributed by atoms with E-state index in [9.17, 15) is 36.7 Å². The molecule has 4 N–H and O–H groups in total. The Hall–Kier alpha value is -4.24. The van der Waals surface area contributed by atoms with Gasteiger partial charge in [-0.15, -0.1) is 0 Å². The first-order chi connectivity index (χ1) is 23.1. The van der Waals surface area contributed by atoms with Crippen LogP contribution in [0.5, 0.6) is 0 Å². The standard InChI is InChI=1S/C31H39ClFN5O4.C2HF3O2/c1-4-5-25-29(41)38(26(27(39)34-2)19-21-6-10-22(32)11-7-21)17-16-37(25)28(40)24(18-20-8-12-23(33)13-9-20)36-30(42)31(35-3)14-15-31;3-2(4,5)1(6)7/h6-13,24-26,35H,4-5,14-19H2,1-3H3,(H,34,39)(H,36,42);(H,6,7). The Labute approximate surface area is 286 Å². The first kappa shape index (κ1) is 39.2. The van der Waals surface area contributed by atoms with Crippen LogP contribution in [0.25, 0.3) is 0 Å². The molecule has 2 fully saturated rings. The number of rotatable bonds is 12. The summed E-state index contributed by atoms with van der Waals surface area (Å²) >= 11 is 6.03. The average Bonchev–Trinajstić information content (AvgIpc) is 3.87. The number of nitrogens with zero attached hydrogens (tertiary/aromatic N) is 2. The molecule has 1 saturated heterocycles. The van der Waals surface area contributed by atoms with Gasteiger partial charge in [0.1, 0.15) is 23.9 Å². The van der Waals surface area contributed by atoms with Crippen LogP contribution in [0.15, 0.2) is 48.5 Å². The molecule has 1 heterocycles. The molecule has 3 unspecified atom stereocenters. The largest absolute Gasteiger partial charge is 0.490 e. The second-order valence-corrected chi connectivity index (χ2v) is 12.3. The van der Waals surface area contributed by atoms with E-state index in [-0.39, 0.29) is 43.1 Å². The monoisotopic (exact) mass is 713 g/mol. The first-order valence-corrected chi connectivity index (χ1v) is 16.1. The summed E-state index contributed by atoms with van der Waals surface area (Å²) in [5.74, 6) is -4.40. The van der Waals surface area contributed by atoms with Gasteiger partial charge in [0, 0.05) is 38.0 Å². The number of carboxylic acids is 1. The molecule has 49 heavy (non-hydrogen) atoms. The van der Waals surface area contributed by atoms with Crippen LogP contribution >= 0.6 is 11.6 Å². The SMILES string of the molecule is CCCC1C(=O)N(C(Cc2ccc(Cl)cc2)C(=O)NC)CCN1C(=O)C(Cc1ccc(F)cc1)NC(=O)C1(NC)CC1.O=C(O)C(F)(F)F. The Morgan fingerprint density at radius 2 is 1.53 bits per heavy atom. The highest BCUT2D eigenvalue weighted by atomic mass is 35.5. The maximum Gasteiger partial charge on any atom is 0.490 e. The van der Waals surface area contributed by atoms with E-state index in [1.54, 1.807) is 41.1 Å². The second-order valence-electron chi connectivity index (χ2n) is 11.8. The number of carbonyl (C=O) groups excluding carboxylic acids is 4. The highest BCUT2D eigenvalue weighted by Crippen LogP contribution is 2.35. The number of carbonyl (C=O) groups is 5. The molecular weight excluding hydrogens is 674 g/mol. The number of piperazine rings is 1. The van der Waals surface area contributed by atoms with Crippen molar-refractivity contribution in [1.29, 1.82) is 0 Å². The predicted molar refractivity (Wildman–Crippen MR) is 172 cm³/mol. The minimum Gasteiger partial charge on any atom is -0.475 e. The van der Waals surface area contributed by atoms with Crippen molar-refractivity contribution in [3.8, 4) is 0 Å². The lowest BCUT2D eigenvalue weighted by Crippen LogP contribution is -2.66. The van der Waals surface area contributed by atoms with E-state index < -0.39 is 41.6 Å². The van der Waals surface area contributed by atoms with E-state index >= 15 is 0 Å². The van der Waals surface area contributed by atoms with E-state index in [4.69, 9.17) is 21.5 Å². The maximum atomic E-state index is 14.1. The van der Waals surface area contributed by atoms with Gasteiger partial charge in [0.15, 0.2) is 0 Å². The van der Waals surface area contributed by atoms with Crippen molar-refractivity contribution in [3.05, 3.63) is 70.5 Å². The zero-order chi connectivity index (χ0) is 36.5. The summed E-state index contributed by atoms with van der Waals surface area (Å²) in [6.07, 6.45) is -2.28. The molecule has 1 aliphatic heterocycles. The van der Waals surface area contributed by atoms with Crippen LogP contribution in [0.4, 0.5) is 17.6 Å². The number of nitrogens with one attached hydrogen (secondary N) is 3. The van der Waals surface area contributed by atoms with Crippen molar-refractivity contribution >= 4 is 41.2 Å². The van der Waals surface area contributed by atoms with E-state index in [2.05, 4.69) is 16.0 Å². The third-order valence-electron chi connectivity index (χ3n) is 8.50. The second kappa shape index (κ2) is 16.9. The number of likely N-dealkylation sites (N-methyl/N-ethyl adjacent to an activating group) is 2. The van der Waals surface area contributed by atoms with Crippen molar-refractivity contribution in [2.45, 2.75) is 75.3 Å². The van der Waals surface area contributed by atoms with Crippen LogP contribution < -0.4 is 16.0 Å². The Bertz CT molecular complexity index is 1490. The van der Waals surface area contributed by atoms with Crippen LogP contribution in [-0.2, 0) is 36.8 Å². The number of halogens is 5. The van der Waals surface area contributed by atoms with Crippen molar-refractivity contribution in [2.75, 3.05) is 27.2 Å². The van der Waals surface area contributed by atoms with Crippen molar-refractivity contribution < 1.29 is 46.6 Å². The fourth-order valence-electron chi connectivity index (χ4n) is 5.56. The van der Waals surface area contributed by atoms with E-state index in [0.29, 0.717) is 42.7 Å². The van der Waals surface area contributed by atoms with Gasteiger partial charge >= 0.3 is 12.1 Å². The fraction of sp³-hybridized carbons (Fsp3) is 0.485. The van der Waals surface area contributed by atoms with Gasteiger partial charge in [-0.05, 0) is 61.7 Å². The van der Waals surface area contributed by atoms with Gasteiger partial charge in [0.05, 0.1) is 5.54 Å². The minimum absolute atomic E-state index is 0.148. The zero-order valence-corrected chi connectivity index (χ0v) is 28.0. The van der Waals surface area contributed by atoms with Crippen molar-refractivity contribution in [1.82, 2.24) is 25.8 Å². The van der Waals surface area contributed by atoms with E-state index in [1.807, 2.05) is 19.1 Å². The van der Waals surface area contributed by atoms with Gasteiger partial charge in [-0.2, -0.15) is 13.2 Å². The predicted octanol–water partition coefficient (Wildman–Crippen LogP) is 3.09. The Balaban J connectivity index is 0.000000838. The first-order valence-electron chi connectivity index (χ1n) is 15.7. The zero-order valence-electron chi connectivity index (χ0n) is 27.3. The van der Waals surface area contributed by atoms with E-state index in [0.717, 1.165) is 5.56 Å². The molecule has 4 rings (SSSR count). The van der Waals surface area contributed by atoms with Gasteiger partial charge in [0.25, 0.3) is 0 Å². The fourth-order valence-corrected chi connectivity index (χ4v) is 5.68. The number of hydrogen-bond donors (Lipinski definition) is 4. The number of carboxylic acid groups (broad SMARTS) is 1. The minimum atomic E-state index is -5.08. The maximum absolute atomic E-state index is 14.1. The normalized spacial score (nSPS) is 18.0. The van der Waals surface area contributed by atoms with Gasteiger partial charge in [0.2, 0.25) is 23.6 Å². The molecule has 16 heteroatoms. The smallest absolute Gasteiger partial charge is 0.475 e. The van der Waals surface area contributed by atoms with Gasteiger partial charge < -0.3 is 30.9 Å². The highest BCUT2D eigenvalue weighted by molar-refractivity contribution is 6.30. The Morgan fingerprint density at radius 3 is 2.02 bits per heavy atom. The average molecular weight is 714 g/mol. The molecule has 3 atom stereocenters. The highest BCUT2D eigenvalue weighted by Gasteiger charge is 2.50. The Morgan fingerprint density at radius 1 is 0.980 bits per heavy atom. The molecule has 4 amide bonds. The topological polar surface area (TPSA) is 148 Å². The quantitative estimate of drug-likeness (QED) is 0.247. The van der Waals surface area contributed by atoms with E-state index in [1.165, 1.54) is 19.2 Å². The lowest BCUT2D eigenvalue weighted by atomic mass is 9.97. The number of hydrogen-bond acceptors (Lipinski definition) is 6. The van der Waals surface area contributed by atoms with Crippen LogP contribution in [0, 0.1) is 5.82 Å². The van der Waals surface area contributed by atoms with Gasteiger partial charge in [-0.3, -0.25) is 19.2 Å². The Kier molecular flexibility index (Phi) is 13.5. The number of amides is 4.